The second-order valence-corrected chi connectivity index (χ2v) is 8.66. The van der Waals surface area contributed by atoms with Crippen LogP contribution in [0.25, 0.3) is 0 Å². The number of hydrogen-bond donors (Lipinski definition) is 2. The van der Waals surface area contributed by atoms with Crippen LogP contribution in [0.15, 0.2) is 47.4 Å². The van der Waals surface area contributed by atoms with Gasteiger partial charge in [0.25, 0.3) is 15.9 Å². The van der Waals surface area contributed by atoms with E-state index < -0.39 is 10.0 Å². The van der Waals surface area contributed by atoms with Crippen molar-refractivity contribution in [2.24, 2.45) is 5.92 Å². The SMILES string of the molecule is CCOc1ccc(NS(=O)(=O)c2ccc(OCC(=O)NCC(C)C)c(C)c2)cc1. The van der Waals surface area contributed by atoms with Gasteiger partial charge in [0.05, 0.1) is 11.5 Å². The van der Waals surface area contributed by atoms with Crippen molar-refractivity contribution in [3.05, 3.63) is 48.0 Å². The molecule has 8 heteroatoms. The van der Waals surface area contributed by atoms with Crippen LogP contribution in [0.4, 0.5) is 5.69 Å². The molecule has 0 aliphatic carbocycles. The Hall–Kier alpha value is -2.74. The van der Waals surface area contributed by atoms with Gasteiger partial charge in [-0.3, -0.25) is 9.52 Å². The molecule has 2 aromatic carbocycles. The number of carbonyl (C=O) groups excluding carboxylic acids is 1. The van der Waals surface area contributed by atoms with Crippen LogP contribution in [0.2, 0.25) is 0 Å². The lowest BCUT2D eigenvalue weighted by Gasteiger charge is -2.13. The zero-order valence-corrected chi connectivity index (χ0v) is 18.0. The fourth-order valence-corrected chi connectivity index (χ4v) is 3.61. The third kappa shape index (κ3) is 6.98. The smallest absolute Gasteiger partial charge is 0.261 e. The van der Waals surface area contributed by atoms with Crippen LogP contribution in [0.3, 0.4) is 0 Å². The van der Waals surface area contributed by atoms with Crippen molar-refractivity contribution >= 4 is 21.6 Å². The van der Waals surface area contributed by atoms with E-state index in [1.165, 1.54) is 12.1 Å². The van der Waals surface area contributed by atoms with E-state index in [0.717, 1.165) is 0 Å². The van der Waals surface area contributed by atoms with E-state index in [1.807, 2.05) is 20.8 Å². The maximum Gasteiger partial charge on any atom is 0.261 e. The Labute approximate surface area is 172 Å². The highest BCUT2D eigenvalue weighted by molar-refractivity contribution is 7.92. The maximum absolute atomic E-state index is 12.6. The molecule has 0 heterocycles. The van der Waals surface area contributed by atoms with Gasteiger partial charge in [-0.2, -0.15) is 0 Å². The normalized spacial score (nSPS) is 11.2. The summed E-state index contributed by atoms with van der Waals surface area (Å²) in [4.78, 5) is 11.9. The van der Waals surface area contributed by atoms with Gasteiger partial charge in [-0.25, -0.2) is 8.42 Å². The lowest BCUT2D eigenvalue weighted by Crippen LogP contribution is -2.31. The van der Waals surface area contributed by atoms with Gasteiger partial charge in [0.15, 0.2) is 6.61 Å². The Morgan fingerprint density at radius 1 is 1.07 bits per heavy atom. The minimum absolute atomic E-state index is 0.112. The van der Waals surface area contributed by atoms with E-state index in [9.17, 15) is 13.2 Å². The molecule has 158 valence electrons. The molecular weight excluding hydrogens is 392 g/mol. The van der Waals surface area contributed by atoms with Crippen LogP contribution in [0.1, 0.15) is 26.3 Å². The van der Waals surface area contributed by atoms with Gasteiger partial charge in [0, 0.05) is 12.2 Å². The van der Waals surface area contributed by atoms with Crippen molar-refractivity contribution in [1.82, 2.24) is 5.32 Å². The van der Waals surface area contributed by atoms with Crippen LogP contribution in [0.5, 0.6) is 11.5 Å². The number of amides is 1. The van der Waals surface area contributed by atoms with Crippen molar-refractivity contribution in [3.8, 4) is 11.5 Å². The summed E-state index contributed by atoms with van der Waals surface area (Å²) in [5.74, 6) is 1.27. The van der Waals surface area contributed by atoms with Crippen molar-refractivity contribution < 1.29 is 22.7 Å². The molecule has 0 fully saturated rings. The third-order valence-electron chi connectivity index (χ3n) is 3.94. The monoisotopic (exact) mass is 420 g/mol. The summed E-state index contributed by atoms with van der Waals surface area (Å²) in [6.45, 7) is 8.62. The van der Waals surface area contributed by atoms with E-state index >= 15 is 0 Å². The summed E-state index contributed by atoms with van der Waals surface area (Å²) < 4.78 is 38.7. The summed E-state index contributed by atoms with van der Waals surface area (Å²) in [6.07, 6.45) is 0. The Kier molecular flexibility index (Phi) is 7.90. The van der Waals surface area contributed by atoms with Crippen LogP contribution < -0.4 is 19.5 Å². The van der Waals surface area contributed by atoms with Crippen molar-refractivity contribution in [1.29, 1.82) is 0 Å². The van der Waals surface area contributed by atoms with Gasteiger partial charge in [0.1, 0.15) is 11.5 Å². The second kappa shape index (κ2) is 10.2. The van der Waals surface area contributed by atoms with Gasteiger partial charge < -0.3 is 14.8 Å². The zero-order valence-electron chi connectivity index (χ0n) is 17.2. The third-order valence-corrected chi connectivity index (χ3v) is 5.32. The zero-order chi connectivity index (χ0) is 21.4. The molecule has 0 atom stereocenters. The van der Waals surface area contributed by atoms with Crippen molar-refractivity contribution in [2.75, 3.05) is 24.5 Å². The van der Waals surface area contributed by atoms with E-state index in [0.29, 0.717) is 41.8 Å². The number of anilines is 1. The summed E-state index contributed by atoms with van der Waals surface area (Å²) in [7, 11) is -3.75. The van der Waals surface area contributed by atoms with Crippen molar-refractivity contribution in [2.45, 2.75) is 32.6 Å². The predicted octanol–water partition coefficient (Wildman–Crippen LogP) is 3.35. The number of rotatable bonds is 10. The Morgan fingerprint density at radius 2 is 1.76 bits per heavy atom. The van der Waals surface area contributed by atoms with Gasteiger partial charge >= 0.3 is 0 Å². The van der Waals surface area contributed by atoms with Gasteiger partial charge in [-0.05, 0) is 67.8 Å². The highest BCUT2D eigenvalue weighted by Crippen LogP contribution is 2.24. The van der Waals surface area contributed by atoms with Gasteiger partial charge in [-0.15, -0.1) is 0 Å². The van der Waals surface area contributed by atoms with Crippen LogP contribution >= 0.6 is 0 Å². The molecule has 7 nitrogen and oxygen atoms in total. The van der Waals surface area contributed by atoms with Crippen molar-refractivity contribution in [3.63, 3.8) is 0 Å². The topological polar surface area (TPSA) is 93.7 Å². The summed E-state index contributed by atoms with van der Waals surface area (Å²) in [5.41, 5.74) is 1.06. The first-order valence-electron chi connectivity index (χ1n) is 9.47. The highest BCUT2D eigenvalue weighted by Gasteiger charge is 2.16. The summed E-state index contributed by atoms with van der Waals surface area (Å²) >= 11 is 0. The Balaban J connectivity index is 2.02. The molecule has 1 amide bonds. The first-order valence-corrected chi connectivity index (χ1v) is 11.0. The predicted molar refractivity (Wildman–Crippen MR) is 113 cm³/mol. The number of carbonyl (C=O) groups is 1. The number of aryl methyl sites for hydroxylation is 1. The minimum atomic E-state index is -3.75. The second-order valence-electron chi connectivity index (χ2n) is 6.98. The maximum atomic E-state index is 12.6. The first kappa shape index (κ1) is 22.5. The van der Waals surface area contributed by atoms with Gasteiger partial charge in [-0.1, -0.05) is 13.8 Å². The number of ether oxygens (including phenoxy) is 2. The number of sulfonamides is 1. The fraction of sp³-hybridized carbons (Fsp3) is 0.381. The largest absolute Gasteiger partial charge is 0.494 e. The molecule has 29 heavy (non-hydrogen) atoms. The molecule has 0 spiro atoms. The highest BCUT2D eigenvalue weighted by atomic mass is 32.2. The average molecular weight is 421 g/mol. The molecule has 2 aromatic rings. The molecule has 0 saturated carbocycles. The molecule has 0 unspecified atom stereocenters. The fourth-order valence-electron chi connectivity index (χ4n) is 2.46. The van der Waals surface area contributed by atoms with Crippen LogP contribution in [0, 0.1) is 12.8 Å². The van der Waals surface area contributed by atoms with E-state index in [-0.39, 0.29) is 17.4 Å². The average Bonchev–Trinajstić information content (AvgIpc) is 2.67. The molecule has 0 aliphatic rings. The minimum Gasteiger partial charge on any atom is -0.494 e. The molecule has 0 aliphatic heterocycles. The lowest BCUT2D eigenvalue weighted by molar-refractivity contribution is -0.123. The van der Waals surface area contributed by atoms with E-state index in [1.54, 1.807) is 37.3 Å². The molecule has 0 saturated heterocycles. The van der Waals surface area contributed by atoms with Gasteiger partial charge in [0.2, 0.25) is 0 Å². The molecule has 2 rings (SSSR count). The summed E-state index contributed by atoms with van der Waals surface area (Å²) in [6, 6.07) is 11.2. The first-order chi connectivity index (χ1) is 13.7. The van der Waals surface area contributed by atoms with Crippen LogP contribution in [-0.2, 0) is 14.8 Å². The number of nitrogens with one attached hydrogen (secondary N) is 2. The molecular formula is C21H28N2O5S. The quantitative estimate of drug-likeness (QED) is 0.615. The standard InChI is InChI=1S/C21H28N2O5S/c1-5-27-18-8-6-17(7-9-18)23-29(25,26)19-10-11-20(16(4)12-19)28-14-21(24)22-13-15(2)3/h6-12,15,23H,5,13-14H2,1-4H3,(H,22,24). The molecule has 0 aromatic heterocycles. The van der Waals surface area contributed by atoms with Crippen LogP contribution in [-0.4, -0.2) is 34.1 Å². The summed E-state index contributed by atoms with van der Waals surface area (Å²) in [5, 5.41) is 2.77. The number of hydrogen-bond acceptors (Lipinski definition) is 5. The molecule has 0 radical (unpaired) electrons. The van der Waals surface area contributed by atoms with E-state index in [4.69, 9.17) is 9.47 Å². The molecule has 0 bridgehead atoms. The molecule has 2 N–H and O–H groups in total. The lowest BCUT2D eigenvalue weighted by atomic mass is 10.2. The Bertz CT molecular complexity index is 925. The Morgan fingerprint density at radius 3 is 2.34 bits per heavy atom. The van der Waals surface area contributed by atoms with E-state index in [2.05, 4.69) is 10.0 Å². The number of benzene rings is 2.